The number of nitrogens with one attached hydrogen (secondary N) is 1. The van der Waals surface area contributed by atoms with Crippen LogP contribution in [0.15, 0.2) is 146 Å². The zero-order valence-corrected chi connectivity index (χ0v) is 30.1. The molecular weight excluding hydrogens is 751 g/mol. The molecule has 12 heteroatoms. The Labute approximate surface area is 326 Å². The second kappa shape index (κ2) is 13.2. The summed E-state index contributed by atoms with van der Waals surface area (Å²) >= 11 is 0. The number of hydrogen-bond acceptors (Lipinski definition) is 4. The average molecular weight is 779 g/mol. The molecule has 284 valence electrons. The molecule has 4 aromatic carbocycles. The number of hydrogen-bond donors (Lipinski definition) is 1. The van der Waals surface area contributed by atoms with Crippen molar-refractivity contribution in [3.63, 3.8) is 0 Å². The van der Waals surface area contributed by atoms with Crippen LogP contribution in [0, 0.1) is 0 Å². The summed E-state index contributed by atoms with van der Waals surface area (Å²) in [5.74, 6) is 0. The summed E-state index contributed by atoms with van der Waals surface area (Å²) < 4.78 is 92.5. The number of alkyl halides is 6. The number of rotatable bonds is 5. The van der Waals surface area contributed by atoms with Gasteiger partial charge in [0.2, 0.25) is 0 Å². The number of nitrogens with zero attached hydrogens (tertiary/aromatic N) is 5. The Balaban J connectivity index is 1.23. The summed E-state index contributed by atoms with van der Waals surface area (Å²) in [7, 11) is 0. The standard InChI is InChI=1S/C46H28F6N6/c47-45(48,49)30-17-27(19-32(23-30)57-41-10-3-1-7-34(41)36-25-53-15-12-43(36)57)28-21-39(56-40(22-28)38-9-5-6-14-55-38)29-18-31(46(50,51)52)24-33(20-29)58-42-11-4-2-8-35(42)37-26-54-16-13-44(37)58/h1-25,54H,26H2. The van der Waals surface area contributed by atoms with E-state index in [9.17, 15) is 26.3 Å². The molecular formula is C46H28F6N6. The molecule has 0 fully saturated rings. The third kappa shape index (κ3) is 5.96. The fourth-order valence-electron chi connectivity index (χ4n) is 7.97. The highest BCUT2D eigenvalue weighted by Crippen LogP contribution is 2.41. The molecule has 1 N–H and O–H groups in total. The minimum atomic E-state index is -4.74. The lowest BCUT2D eigenvalue weighted by Gasteiger charge is -2.18. The van der Waals surface area contributed by atoms with Crippen molar-refractivity contribution in [2.24, 2.45) is 0 Å². The van der Waals surface area contributed by atoms with Crippen molar-refractivity contribution in [1.29, 1.82) is 0 Å². The highest BCUT2D eigenvalue weighted by atomic mass is 19.4. The normalized spacial score (nSPS) is 13.0. The first-order valence-electron chi connectivity index (χ1n) is 18.3. The van der Waals surface area contributed by atoms with E-state index in [1.165, 1.54) is 6.07 Å². The second-order valence-corrected chi connectivity index (χ2v) is 14.0. The zero-order chi connectivity index (χ0) is 39.8. The van der Waals surface area contributed by atoms with Crippen LogP contribution in [0.2, 0.25) is 0 Å². The number of para-hydroxylation sites is 2. The molecule has 1 aliphatic rings. The van der Waals surface area contributed by atoms with Gasteiger partial charge in [0.25, 0.3) is 0 Å². The van der Waals surface area contributed by atoms with Crippen molar-refractivity contribution in [2.75, 3.05) is 0 Å². The van der Waals surface area contributed by atoms with E-state index >= 15 is 0 Å². The van der Waals surface area contributed by atoms with Gasteiger partial charge in [0, 0.05) is 63.8 Å². The van der Waals surface area contributed by atoms with Crippen molar-refractivity contribution < 1.29 is 26.3 Å². The maximum absolute atomic E-state index is 14.8. The van der Waals surface area contributed by atoms with Gasteiger partial charge in [-0.2, -0.15) is 26.3 Å². The van der Waals surface area contributed by atoms with Gasteiger partial charge < -0.3 is 14.5 Å². The van der Waals surface area contributed by atoms with E-state index in [1.807, 2.05) is 54.6 Å². The summed E-state index contributed by atoms with van der Waals surface area (Å²) in [6, 6.07) is 32.5. The monoisotopic (exact) mass is 778 g/mol. The molecule has 6 heterocycles. The lowest BCUT2D eigenvalue weighted by Crippen LogP contribution is -2.12. The van der Waals surface area contributed by atoms with Crippen LogP contribution < -0.4 is 5.32 Å². The lowest BCUT2D eigenvalue weighted by atomic mass is 9.97. The molecule has 0 amide bonds. The minimum Gasteiger partial charge on any atom is -0.387 e. The molecule has 0 saturated carbocycles. The van der Waals surface area contributed by atoms with Gasteiger partial charge >= 0.3 is 12.4 Å². The molecule has 10 rings (SSSR count). The zero-order valence-electron chi connectivity index (χ0n) is 30.1. The van der Waals surface area contributed by atoms with Crippen molar-refractivity contribution in [3.05, 3.63) is 169 Å². The first-order valence-corrected chi connectivity index (χ1v) is 18.3. The van der Waals surface area contributed by atoms with E-state index in [0.717, 1.165) is 57.2 Å². The molecule has 0 atom stereocenters. The quantitative estimate of drug-likeness (QED) is 0.177. The number of halogens is 6. The van der Waals surface area contributed by atoms with Crippen molar-refractivity contribution in [2.45, 2.75) is 18.9 Å². The number of fused-ring (bicyclic) bond motifs is 6. The summed E-state index contributed by atoms with van der Waals surface area (Å²) in [6.45, 7) is 0.493. The van der Waals surface area contributed by atoms with E-state index < -0.39 is 23.5 Å². The molecule has 0 spiro atoms. The lowest BCUT2D eigenvalue weighted by molar-refractivity contribution is -0.138. The number of pyridine rings is 3. The Morgan fingerprint density at radius 1 is 0.534 bits per heavy atom. The Morgan fingerprint density at radius 2 is 1.16 bits per heavy atom. The Kier molecular flexibility index (Phi) is 8.01. The Hall–Kier alpha value is -7.21. The molecule has 0 radical (unpaired) electrons. The maximum atomic E-state index is 14.8. The van der Waals surface area contributed by atoms with Gasteiger partial charge in [0.05, 0.1) is 50.5 Å². The van der Waals surface area contributed by atoms with Gasteiger partial charge in [-0.3, -0.25) is 9.97 Å². The van der Waals surface area contributed by atoms with E-state index in [0.29, 0.717) is 28.8 Å². The number of aromatic nitrogens is 5. The van der Waals surface area contributed by atoms with Crippen LogP contribution in [0.1, 0.15) is 22.4 Å². The molecule has 0 saturated heterocycles. The first-order chi connectivity index (χ1) is 28.0. The van der Waals surface area contributed by atoms with Crippen molar-refractivity contribution in [1.82, 2.24) is 29.4 Å². The largest absolute Gasteiger partial charge is 0.416 e. The average Bonchev–Trinajstić information content (AvgIpc) is 3.76. The van der Waals surface area contributed by atoms with E-state index in [4.69, 9.17) is 4.98 Å². The highest BCUT2D eigenvalue weighted by Gasteiger charge is 2.34. The minimum absolute atomic E-state index is 0.120. The second-order valence-electron chi connectivity index (χ2n) is 14.0. The van der Waals surface area contributed by atoms with Crippen LogP contribution >= 0.6 is 0 Å². The highest BCUT2D eigenvalue weighted by molar-refractivity contribution is 6.09. The van der Waals surface area contributed by atoms with Crippen LogP contribution in [-0.2, 0) is 18.9 Å². The van der Waals surface area contributed by atoms with Crippen LogP contribution in [0.4, 0.5) is 26.3 Å². The van der Waals surface area contributed by atoms with Gasteiger partial charge in [-0.15, -0.1) is 0 Å². The molecule has 0 unspecified atom stereocenters. The third-order valence-corrected chi connectivity index (χ3v) is 10.5. The third-order valence-electron chi connectivity index (χ3n) is 10.5. The summed E-state index contributed by atoms with van der Waals surface area (Å²) in [5.41, 5.74) is 3.82. The molecule has 9 aromatic rings. The van der Waals surface area contributed by atoms with E-state index in [2.05, 4.69) is 15.3 Å². The van der Waals surface area contributed by atoms with Crippen LogP contribution in [0.25, 0.3) is 83.9 Å². The fraction of sp³-hybridized carbons (Fsp3) is 0.0652. The van der Waals surface area contributed by atoms with E-state index in [-0.39, 0.29) is 33.9 Å². The van der Waals surface area contributed by atoms with Gasteiger partial charge in [-0.25, -0.2) is 4.98 Å². The summed E-state index contributed by atoms with van der Waals surface area (Å²) in [6.07, 6.45) is -1.06. The first kappa shape index (κ1) is 35.2. The van der Waals surface area contributed by atoms with Crippen LogP contribution in [0.5, 0.6) is 0 Å². The Bertz CT molecular complexity index is 3050. The Morgan fingerprint density at radius 3 is 1.90 bits per heavy atom. The predicted octanol–water partition coefficient (Wildman–Crippen LogP) is 12.0. The summed E-state index contributed by atoms with van der Waals surface area (Å²) in [4.78, 5) is 13.5. The molecule has 1 aliphatic heterocycles. The topological polar surface area (TPSA) is 60.6 Å². The predicted molar refractivity (Wildman–Crippen MR) is 213 cm³/mol. The molecule has 0 aliphatic carbocycles. The van der Waals surface area contributed by atoms with Gasteiger partial charge in [-0.05, 0) is 102 Å². The van der Waals surface area contributed by atoms with Crippen LogP contribution in [0.3, 0.4) is 0 Å². The van der Waals surface area contributed by atoms with Gasteiger partial charge in [0.1, 0.15) is 0 Å². The molecule has 6 nitrogen and oxygen atoms in total. The van der Waals surface area contributed by atoms with Crippen LogP contribution in [-0.4, -0.2) is 24.1 Å². The summed E-state index contributed by atoms with van der Waals surface area (Å²) in [5, 5.41) is 5.67. The molecule has 5 aromatic heterocycles. The molecule has 58 heavy (non-hydrogen) atoms. The van der Waals surface area contributed by atoms with Crippen molar-refractivity contribution in [3.8, 4) is 45.1 Å². The number of benzene rings is 4. The fourth-order valence-corrected chi connectivity index (χ4v) is 7.97. The van der Waals surface area contributed by atoms with E-state index in [1.54, 1.807) is 76.4 Å². The maximum Gasteiger partial charge on any atom is 0.416 e. The smallest absolute Gasteiger partial charge is 0.387 e. The van der Waals surface area contributed by atoms with Gasteiger partial charge in [-0.1, -0.05) is 42.5 Å². The SMILES string of the molecule is FC(F)(F)c1cc(-c2cc(-c3cc(-n4c5ccccc5c5cnccc54)cc(C(F)(F)F)c3)cc(-c3ccccn3)n2)cc(-n2c3c(c4ccccc42)CNC=C3)c1. The molecule has 0 bridgehead atoms. The van der Waals surface area contributed by atoms with Crippen molar-refractivity contribution >= 4 is 38.8 Å². The van der Waals surface area contributed by atoms with Gasteiger partial charge in [0.15, 0.2) is 0 Å².